The average molecular weight is 357 g/mol. The molecule has 1 aromatic heterocycles. The van der Waals surface area contributed by atoms with E-state index in [1.54, 1.807) is 6.20 Å². The lowest BCUT2D eigenvalue weighted by Gasteiger charge is -2.36. The Kier molecular flexibility index (Phi) is 5.18. The number of nitrogens with zero attached hydrogens (tertiary/aromatic N) is 2. The number of aromatic nitrogens is 1. The first-order chi connectivity index (χ1) is 12.0. The molecule has 0 saturated carbocycles. The molecule has 25 heavy (non-hydrogen) atoms. The third-order valence-electron chi connectivity index (χ3n) is 4.85. The van der Waals surface area contributed by atoms with Crippen molar-refractivity contribution in [3.63, 3.8) is 0 Å². The number of hydrogen-bond donors (Lipinski definition) is 1. The van der Waals surface area contributed by atoms with E-state index >= 15 is 0 Å². The van der Waals surface area contributed by atoms with E-state index in [0.29, 0.717) is 31.1 Å². The number of carbonyl (C=O) groups is 2. The zero-order valence-electron chi connectivity index (χ0n) is 14.6. The molecule has 1 aliphatic rings. The SMILES string of the molecule is CC(C)(C(=O)N1CCC(C(=O)Nc2nccs2)CC1)c1ccccc1. The van der Waals surface area contributed by atoms with Crippen LogP contribution in [-0.2, 0) is 15.0 Å². The quantitative estimate of drug-likeness (QED) is 0.913. The van der Waals surface area contributed by atoms with Gasteiger partial charge in [-0.2, -0.15) is 0 Å². The first-order valence-corrected chi connectivity index (χ1v) is 9.41. The Balaban J connectivity index is 1.58. The summed E-state index contributed by atoms with van der Waals surface area (Å²) in [5.41, 5.74) is 0.459. The molecule has 1 N–H and O–H groups in total. The third kappa shape index (κ3) is 3.90. The fourth-order valence-electron chi connectivity index (χ4n) is 3.21. The second-order valence-electron chi connectivity index (χ2n) is 6.88. The number of rotatable bonds is 4. The van der Waals surface area contributed by atoms with Crippen LogP contribution in [0.25, 0.3) is 0 Å². The van der Waals surface area contributed by atoms with Crippen molar-refractivity contribution in [2.45, 2.75) is 32.1 Å². The van der Waals surface area contributed by atoms with Gasteiger partial charge in [0, 0.05) is 30.6 Å². The second kappa shape index (κ2) is 7.35. The highest BCUT2D eigenvalue weighted by Gasteiger charge is 2.36. The molecule has 0 bridgehead atoms. The predicted octanol–water partition coefficient (Wildman–Crippen LogP) is 3.30. The van der Waals surface area contributed by atoms with E-state index in [9.17, 15) is 9.59 Å². The minimum Gasteiger partial charge on any atom is -0.342 e. The van der Waals surface area contributed by atoms with Crippen molar-refractivity contribution in [1.82, 2.24) is 9.88 Å². The summed E-state index contributed by atoms with van der Waals surface area (Å²) in [5, 5.41) is 5.33. The topological polar surface area (TPSA) is 62.3 Å². The van der Waals surface area contributed by atoms with Crippen LogP contribution in [0.3, 0.4) is 0 Å². The number of thiazole rings is 1. The Morgan fingerprint density at radius 1 is 1.20 bits per heavy atom. The van der Waals surface area contributed by atoms with Crippen molar-refractivity contribution in [3.8, 4) is 0 Å². The van der Waals surface area contributed by atoms with Crippen LogP contribution in [0.1, 0.15) is 32.3 Å². The molecule has 132 valence electrons. The van der Waals surface area contributed by atoms with Crippen molar-refractivity contribution >= 4 is 28.3 Å². The average Bonchev–Trinajstić information content (AvgIpc) is 3.15. The van der Waals surface area contributed by atoms with Gasteiger partial charge in [0.1, 0.15) is 0 Å². The highest BCUT2D eigenvalue weighted by molar-refractivity contribution is 7.13. The predicted molar refractivity (Wildman–Crippen MR) is 99.5 cm³/mol. The van der Waals surface area contributed by atoms with Gasteiger partial charge in [0.2, 0.25) is 11.8 Å². The summed E-state index contributed by atoms with van der Waals surface area (Å²) in [6, 6.07) is 9.86. The van der Waals surface area contributed by atoms with Crippen LogP contribution in [0.15, 0.2) is 41.9 Å². The van der Waals surface area contributed by atoms with E-state index in [0.717, 1.165) is 5.56 Å². The van der Waals surface area contributed by atoms with Gasteiger partial charge >= 0.3 is 0 Å². The van der Waals surface area contributed by atoms with Crippen LogP contribution >= 0.6 is 11.3 Å². The van der Waals surface area contributed by atoms with Gasteiger partial charge in [0.05, 0.1) is 5.41 Å². The fraction of sp³-hybridized carbons (Fsp3) is 0.421. The summed E-state index contributed by atoms with van der Waals surface area (Å²) in [4.78, 5) is 31.3. The summed E-state index contributed by atoms with van der Waals surface area (Å²) >= 11 is 1.41. The van der Waals surface area contributed by atoms with Crippen LogP contribution in [-0.4, -0.2) is 34.8 Å². The van der Waals surface area contributed by atoms with E-state index in [1.807, 2.05) is 54.5 Å². The van der Waals surface area contributed by atoms with E-state index in [-0.39, 0.29) is 17.7 Å². The smallest absolute Gasteiger partial charge is 0.232 e. The number of anilines is 1. The number of hydrogen-bond acceptors (Lipinski definition) is 4. The summed E-state index contributed by atoms with van der Waals surface area (Å²) in [7, 11) is 0. The maximum Gasteiger partial charge on any atom is 0.232 e. The molecule has 1 aliphatic heterocycles. The molecule has 5 nitrogen and oxygen atoms in total. The van der Waals surface area contributed by atoms with Gasteiger partial charge in [0.15, 0.2) is 5.13 Å². The molecule has 0 unspecified atom stereocenters. The molecule has 2 aromatic rings. The molecule has 0 spiro atoms. The van der Waals surface area contributed by atoms with Crippen molar-refractivity contribution in [2.75, 3.05) is 18.4 Å². The molecule has 6 heteroatoms. The standard InChI is InChI=1S/C19H23N3O2S/c1-19(2,15-6-4-3-5-7-15)17(24)22-11-8-14(9-12-22)16(23)21-18-20-10-13-25-18/h3-7,10,13-14H,8-9,11-12H2,1-2H3,(H,20,21,23). The maximum atomic E-state index is 13.0. The number of carbonyl (C=O) groups excluding carboxylic acids is 2. The zero-order valence-corrected chi connectivity index (χ0v) is 15.4. The monoisotopic (exact) mass is 357 g/mol. The molecule has 0 atom stereocenters. The van der Waals surface area contributed by atoms with Gasteiger partial charge in [0.25, 0.3) is 0 Å². The molecule has 1 aromatic carbocycles. The lowest BCUT2D eigenvalue weighted by molar-refractivity contribution is -0.139. The molecule has 0 radical (unpaired) electrons. The highest BCUT2D eigenvalue weighted by Crippen LogP contribution is 2.28. The summed E-state index contributed by atoms with van der Waals surface area (Å²) < 4.78 is 0. The van der Waals surface area contributed by atoms with Gasteiger partial charge in [-0.3, -0.25) is 9.59 Å². The minimum absolute atomic E-state index is 0.00404. The van der Waals surface area contributed by atoms with Gasteiger partial charge in [-0.05, 0) is 32.3 Å². The number of benzene rings is 1. The van der Waals surface area contributed by atoms with Crippen molar-refractivity contribution < 1.29 is 9.59 Å². The first-order valence-electron chi connectivity index (χ1n) is 8.54. The number of nitrogens with one attached hydrogen (secondary N) is 1. The van der Waals surface area contributed by atoms with Crippen LogP contribution in [0.5, 0.6) is 0 Å². The largest absolute Gasteiger partial charge is 0.342 e. The Morgan fingerprint density at radius 3 is 2.48 bits per heavy atom. The van der Waals surface area contributed by atoms with Gasteiger partial charge in [-0.1, -0.05) is 30.3 Å². The van der Waals surface area contributed by atoms with Crippen molar-refractivity contribution in [1.29, 1.82) is 0 Å². The Morgan fingerprint density at radius 2 is 1.88 bits per heavy atom. The summed E-state index contributed by atoms with van der Waals surface area (Å²) in [6.07, 6.45) is 3.05. The van der Waals surface area contributed by atoms with Crippen LogP contribution in [0.4, 0.5) is 5.13 Å². The number of piperidine rings is 1. The lowest BCUT2D eigenvalue weighted by Crippen LogP contribution is -2.48. The van der Waals surface area contributed by atoms with E-state index in [4.69, 9.17) is 0 Å². The molecule has 2 amide bonds. The summed E-state index contributed by atoms with van der Waals surface area (Å²) in [5.74, 6) is 0.0645. The molecular weight excluding hydrogens is 334 g/mol. The van der Waals surface area contributed by atoms with Crippen LogP contribution in [0, 0.1) is 5.92 Å². The maximum absolute atomic E-state index is 13.0. The summed E-state index contributed by atoms with van der Waals surface area (Å²) in [6.45, 7) is 5.16. The van der Waals surface area contributed by atoms with Gasteiger partial charge in [-0.15, -0.1) is 11.3 Å². The Hall–Kier alpha value is -2.21. The lowest BCUT2D eigenvalue weighted by atomic mass is 9.82. The zero-order chi connectivity index (χ0) is 17.9. The Bertz CT molecular complexity index is 720. The molecule has 1 saturated heterocycles. The molecule has 0 aliphatic carbocycles. The molecule has 1 fully saturated rings. The van der Waals surface area contributed by atoms with Gasteiger partial charge < -0.3 is 10.2 Å². The number of likely N-dealkylation sites (tertiary alicyclic amines) is 1. The van der Waals surface area contributed by atoms with Crippen molar-refractivity contribution in [3.05, 3.63) is 47.5 Å². The highest BCUT2D eigenvalue weighted by atomic mass is 32.1. The molecular formula is C19H23N3O2S. The van der Waals surface area contributed by atoms with Gasteiger partial charge in [-0.25, -0.2) is 4.98 Å². The van der Waals surface area contributed by atoms with E-state index in [2.05, 4.69) is 10.3 Å². The Labute approximate surface area is 152 Å². The third-order valence-corrected chi connectivity index (χ3v) is 5.53. The normalized spacial score (nSPS) is 15.8. The van der Waals surface area contributed by atoms with Crippen molar-refractivity contribution in [2.24, 2.45) is 5.92 Å². The van der Waals surface area contributed by atoms with E-state index in [1.165, 1.54) is 11.3 Å². The second-order valence-corrected chi connectivity index (χ2v) is 7.78. The number of amides is 2. The molecule has 2 heterocycles. The van der Waals surface area contributed by atoms with Crippen LogP contribution < -0.4 is 5.32 Å². The molecule has 3 rings (SSSR count). The first kappa shape index (κ1) is 17.6. The van der Waals surface area contributed by atoms with E-state index < -0.39 is 5.41 Å². The fourth-order valence-corrected chi connectivity index (χ4v) is 3.74. The minimum atomic E-state index is -0.558. The van der Waals surface area contributed by atoms with Crippen LogP contribution in [0.2, 0.25) is 0 Å².